The van der Waals surface area contributed by atoms with Crippen LogP contribution in [-0.2, 0) is 6.54 Å². The molecule has 0 radical (unpaired) electrons. The van der Waals surface area contributed by atoms with Crippen molar-refractivity contribution in [3.8, 4) is 0 Å². The zero-order valence-corrected chi connectivity index (χ0v) is 10.5. The SMILES string of the molecule is CC(C)NCC(O)Cn1cnc2c(N)ncnc21. The molecule has 2 aromatic heterocycles. The number of rotatable bonds is 5. The molecule has 0 aliphatic heterocycles. The van der Waals surface area contributed by atoms with Gasteiger partial charge < -0.3 is 20.7 Å². The number of anilines is 1. The van der Waals surface area contributed by atoms with E-state index in [-0.39, 0.29) is 0 Å². The predicted octanol–water partition coefficient (Wildman–Crippen LogP) is -0.233. The molecule has 7 heteroatoms. The van der Waals surface area contributed by atoms with E-state index in [1.807, 2.05) is 13.8 Å². The number of nitrogen functional groups attached to an aromatic ring is 1. The second-order valence-electron chi connectivity index (χ2n) is 4.54. The molecule has 0 aromatic carbocycles. The van der Waals surface area contributed by atoms with Crippen molar-refractivity contribution < 1.29 is 5.11 Å². The Morgan fingerprint density at radius 3 is 2.89 bits per heavy atom. The Balaban J connectivity index is 2.10. The molecule has 0 fully saturated rings. The van der Waals surface area contributed by atoms with Gasteiger partial charge in [-0.25, -0.2) is 15.0 Å². The van der Waals surface area contributed by atoms with E-state index in [1.165, 1.54) is 6.33 Å². The molecule has 2 rings (SSSR count). The Bertz CT molecular complexity index is 523. The van der Waals surface area contributed by atoms with Crippen LogP contribution in [0.2, 0.25) is 0 Å². The fraction of sp³-hybridized carbons (Fsp3) is 0.545. The number of nitrogens with zero attached hydrogens (tertiary/aromatic N) is 4. The molecule has 2 heterocycles. The standard InChI is InChI=1S/C11H18N6O/c1-7(2)13-3-8(18)4-17-6-16-9-10(12)14-5-15-11(9)17/h5-8,13,18H,3-4H2,1-2H3,(H2,12,14,15). The van der Waals surface area contributed by atoms with E-state index >= 15 is 0 Å². The number of hydrogen-bond donors (Lipinski definition) is 3. The van der Waals surface area contributed by atoms with E-state index in [2.05, 4.69) is 20.3 Å². The van der Waals surface area contributed by atoms with Gasteiger partial charge in [-0.3, -0.25) is 0 Å². The van der Waals surface area contributed by atoms with Gasteiger partial charge in [-0.1, -0.05) is 13.8 Å². The maximum Gasteiger partial charge on any atom is 0.165 e. The third kappa shape index (κ3) is 2.74. The predicted molar refractivity (Wildman–Crippen MR) is 68.9 cm³/mol. The number of nitrogens with one attached hydrogen (secondary N) is 1. The summed E-state index contributed by atoms with van der Waals surface area (Å²) in [5.41, 5.74) is 6.91. The molecule has 0 aliphatic rings. The smallest absolute Gasteiger partial charge is 0.165 e. The summed E-state index contributed by atoms with van der Waals surface area (Å²) in [4.78, 5) is 12.2. The van der Waals surface area contributed by atoms with Gasteiger partial charge in [-0.05, 0) is 0 Å². The van der Waals surface area contributed by atoms with Gasteiger partial charge in [0.15, 0.2) is 11.5 Å². The van der Waals surface area contributed by atoms with Gasteiger partial charge in [0, 0.05) is 12.6 Å². The zero-order valence-electron chi connectivity index (χ0n) is 10.5. The van der Waals surface area contributed by atoms with Crippen molar-refractivity contribution in [3.63, 3.8) is 0 Å². The van der Waals surface area contributed by atoms with Crippen molar-refractivity contribution in [2.75, 3.05) is 12.3 Å². The van der Waals surface area contributed by atoms with Gasteiger partial charge in [-0.15, -0.1) is 0 Å². The molecule has 0 bridgehead atoms. The Labute approximate surface area is 105 Å². The monoisotopic (exact) mass is 250 g/mol. The van der Waals surface area contributed by atoms with Gasteiger partial charge in [-0.2, -0.15) is 0 Å². The van der Waals surface area contributed by atoms with E-state index in [0.29, 0.717) is 36.1 Å². The normalized spacial score (nSPS) is 13.3. The summed E-state index contributed by atoms with van der Waals surface area (Å²) in [7, 11) is 0. The summed E-state index contributed by atoms with van der Waals surface area (Å²) in [6.07, 6.45) is 2.52. The van der Waals surface area contributed by atoms with Crippen molar-refractivity contribution >= 4 is 17.0 Å². The first-order chi connectivity index (χ1) is 8.58. The second kappa shape index (κ2) is 5.28. The molecule has 7 nitrogen and oxygen atoms in total. The van der Waals surface area contributed by atoms with Crippen molar-refractivity contribution in [2.45, 2.75) is 32.5 Å². The molecule has 2 aromatic rings. The lowest BCUT2D eigenvalue weighted by molar-refractivity contribution is 0.150. The maximum absolute atomic E-state index is 9.91. The van der Waals surface area contributed by atoms with Crippen LogP contribution in [0.1, 0.15) is 13.8 Å². The number of aliphatic hydroxyl groups excluding tert-OH is 1. The summed E-state index contributed by atoms with van der Waals surface area (Å²) >= 11 is 0. The van der Waals surface area contributed by atoms with Crippen LogP contribution in [0, 0.1) is 0 Å². The third-order valence-electron chi connectivity index (χ3n) is 2.60. The molecule has 18 heavy (non-hydrogen) atoms. The topological polar surface area (TPSA) is 102 Å². The minimum Gasteiger partial charge on any atom is -0.390 e. The first-order valence-electron chi connectivity index (χ1n) is 5.90. The quantitative estimate of drug-likeness (QED) is 0.677. The minimum absolute atomic E-state index is 0.345. The highest BCUT2D eigenvalue weighted by Gasteiger charge is 2.11. The summed E-state index contributed by atoms with van der Waals surface area (Å²) in [5, 5.41) is 13.1. The molecule has 0 aliphatic carbocycles. The molecule has 0 saturated carbocycles. The van der Waals surface area contributed by atoms with E-state index in [1.54, 1.807) is 10.9 Å². The highest BCUT2D eigenvalue weighted by molar-refractivity contribution is 5.81. The number of nitrogens with two attached hydrogens (primary N) is 1. The van der Waals surface area contributed by atoms with E-state index in [0.717, 1.165) is 0 Å². The Morgan fingerprint density at radius 2 is 2.17 bits per heavy atom. The zero-order chi connectivity index (χ0) is 13.1. The highest BCUT2D eigenvalue weighted by atomic mass is 16.3. The van der Waals surface area contributed by atoms with Gasteiger partial charge in [0.25, 0.3) is 0 Å². The van der Waals surface area contributed by atoms with Crippen LogP contribution in [0.25, 0.3) is 11.2 Å². The number of hydrogen-bond acceptors (Lipinski definition) is 6. The molecular weight excluding hydrogens is 232 g/mol. The highest BCUT2D eigenvalue weighted by Crippen LogP contribution is 2.14. The number of aliphatic hydroxyl groups is 1. The molecule has 98 valence electrons. The Kier molecular flexibility index (Phi) is 3.73. The van der Waals surface area contributed by atoms with Crippen molar-refractivity contribution in [1.29, 1.82) is 0 Å². The van der Waals surface area contributed by atoms with Gasteiger partial charge in [0.2, 0.25) is 0 Å². The minimum atomic E-state index is -0.499. The van der Waals surface area contributed by atoms with Crippen LogP contribution in [0.4, 0.5) is 5.82 Å². The molecule has 0 saturated heterocycles. The molecule has 0 amide bonds. The van der Waals surface area contributed by atoms with Crippen molar-refractivity contribution in [3.05, 3.63) is 12.7 Å². The van der Waals surface area contributed by atoms with Gasteiger partial charge in [0.05, 0.1) is 19.0 Å². The largest absolute Gasteiger partial charge is 0.390 e. The average Bonchev–Trinajstić information content (AvgIpc) is 2.72. The molecule has 0 spiro atoms. The number of aromatic nitrogens is 4. The first kappa shape index (κ1) is 12.7. The average molecular weight is 250 g/mol. The van der Waals surface area contributed by atoms with Crippen molar-refractivity contribution in [1.82, 2.24) is 24.8 Å². The van der Waals surface area contributed by atoms with Crippen LogP contribution < -0.4 is 11.1 Å². The molecule has 1 atom stereocenters. The Hall–Kier alpha value is -1.73. The van der Waals surface area contributed by atoms with Crippen LogP contribution in [0.3, 0.4) is 0 Å². The third-order valence-corrected chi connectivity index (χ3v) is 2.60. The van der Waals surface area contributed by atoms with Crippen molar-refractivity contribution in [2.24, 2.45) is 0 Å². The summed E-state index contributed by atoms with van der Waals surface area (Å²) in [5.74, 6) is 0.355. The van der Waals surface area contributed by atoms with E-state index in [9.17, 15) is 5.11 Å². The molecule has 1 unspecified atom stereocenters. The van der Waals surface area contributed by atoms with E-state index < -0.39 is 6.10 Å². The van der Waals surface area contributed by atoms with Crippen LogP contribution in [0.15, 0.2) is 12.7 Å². The summed E-state index contributed by atoms with van der Waals surface area (Å²) in [6, 6.07) is 0.345. The van der Waals surface area contributed by atoms with Gasteiger partial charge in [0.1, 0.15) is 11.8 Å². The maximum atomic E-state index is 9.91. The first-order valence-corrected chi connectivity index (χ1v) is 5.90. The lowest BCUT2D eigenvalue weighted by Crippen LogP contribution is -2.34. The summed E-state index contributed by atoms with van der Waals surface area (Å²) in [6.45, 7) is 5.02. The van der Waals surface area contributed by atoms with Crippen LogP contribution >= 0.6 is 0 Å². The Morgan fingerprint density at radius 1 is 1.39 bits per heavy atom. The van der Waals surface area contributed by atoms with Crippen LogP contribution in [0.5, 0.6) is 0 Å². The van der Waals surface area contributed by atoms with Crippen LogP contribution in [-0.4, -0.2) is 43.3 Å². The van der Waals surface area contributed by atoms with Gasteiger partial charge >= 0.3 is 0 Å². The number of imidazole rings is 1. The molecule has 4 N–H and O–H groups in total. The van der Waals surface area contributed by atoms with E-state index in [4.69, 9.17) is 5.73 Å². The molecular formula is C11H18N6O. The second-order valence-corrected chi connectivity index (χ2v) is 4.54. The lowest BCUT2D eigenvalue weighted by atomic mass is 10.3. The number of fused-ring (bicyclic) bond motifs is 1. The lowest BCUT2D eigenvalue weighted by Gasteiger charge is -2.14. The fourth-order valence-corrected chi connectivity index (χ4v) is 1.70. The fourth-order valence-electron chi connectivity index (χ4n) is 1.70. The summed E-state index contributed by atoms with van der Waals surface area (Å²) < 4.78 is 1.78.